The van der Waals surface area contributed by atoms with Crippen molar-refractivity contribution in [3.05, 3.63) is 0 Å². The van der Waals surface area contributed by atoms with Crippen molar-refractivity contribution in [3.8, 4) is 0 Å². The molecule has 1 aliphatic heterocycles. The molecule has 1 saturated heterocycles. The fourth-order valence-electron chi connectivity index (χ4n) is 3.78. The summed E-state index contributed by atoms with van der Waals surface area (Å²) in [4.78, 5) is 14.6. The Kier molecular flexibility index (Phi) is 8.15. The third-order valence-electron chi connectivity index (χ3n) is 5.29. The van der Waals surface area contributed by atoms with Crippen LogP contribution in [-0.2, 0) is 4.79 Å². The first-order valence-corrected chi connectivity index (χ1v) is 8.70. The largest absolute Gasteiger partial charge is 0.355 e. The van der Waals surface area contributed by atoms with E-state index in [-0.39, 0.29) is 24.2 Å². The Morgan fingerprint density at radius 3 is 2.59 bits per heavy atom. The van der Waals surface area contributed by atoms with Gasteiger partial charge in [0.1, 0.15) is 0 Å². The molecule has 2 aliphatic rings. The first-order chi connectivity index (χ1) is 10.00. The number of hydrogen-bond acceptors (Lipinski definition) is 3. The normalized spacial score (nSPS) is 26.2. The molecule has 0 aromatic carbocycles. The minimum atomic E-state index is 0. The van der Waals surface area contributed by atoms with Gasteiger partial charge in [0.25, 0.3) is 0 Å². The number of nitrogens with two attached hydrogens (primary N) is 1. The number of nitrogens with zero attached hydrogens (tertiary/aromatic N) is 1. The third kappa shape index (κ3) is 6.05. The highest BCUT2D eigenvalue weighted by atomic mass is 35.5. The maximum absolute atomic E-state index is 12.1. The molecule has 2 fully saturated rings. The highest BCUT2D eigenvalue weighted by molar-refractivity contribution is 5.85. The minimum Gasteiger partial charge on any atom is -0.355 e. The quantitative estimate of drug-likeness (QED) is 0.813. The molecule has 1 saturated carbocycles. The van der Waals surface area contributed by atoms with Gasteiger partial charge in [0.15, 0.2) is 0 Å². The van der Waals surface area contributed by atoms with Crippen LogP contribution in [0.2, 0.25) is 0 Å². The lowest BCUT2D eigenvalue weighted by atomic mass is 9.73. The molecule has 4 nitrogen and oxygen atoms in total. The van der Waals surface area contributed by atoms with Gasteiger partial charge in [-0.1, -0.05) is 13.8 Å². The Balaban J connectivity index is 0.00000242. The minimum absolute atomic E-state index is 0. The van der Waals surface area contributed by atoms with E-state index in [0.29, 0.717) is 18.5 Å². The van der Waals surface area contributed by atoms with Gasteiger partial charge < -0.3 is 16.0 Å². The van der Waals surface area contributed by atoms with E-state index in [1.807, 2.05) is 0 Å². The number of carbonyl (C=O) groups is 1. The van der Waals surface area contributed by atoms with Crippen molar-refractivity contribution in [1.82, 2.24) is 10.2 Å². The molecule has 0 bridgehead atoms. The molecule has 2 rings (SSSR count). The summed E-state index contributed by atoms with van der Waals surface area (Å²) in [5.74, 6) is 1.21. The SMILES string of the molecule is CC1(C)CCC(CN2CCCC(C(=O)NCCN)C2)CC1.Cl. The molecule has 1 atom stereocenters. The number of likely N-dealkylation sites (tertiary alicyclic amines) is 1. The predicted molar refractivity (Wildman–Crippen MR) is 94.2 cm³/mol. The van der Waals surface area contributed by atoms with E-state index in [2.05, 4.69) is 24.1 Å². The summed E-state index contributed by atoms with van der Waals surface area (Å²) in [6.07, 6.45) is 7.60. The van der Waals surface area contributed by atoms with Crippen LogP contribution in [0.1, 0.15) is 52.4 Å². The lowest BCUT2D eigenvalue weighted by Crippen LogP contribution is -2.45. The van der Waals surface area contributed by atoms with Crippen LogP contribution in [0, 0.1) is 17.3 Å². The first-order valence-electron chi connectivity index (χ1n) is 8.70. The Morgan fingerprint density at radius 1 is 1.27 bits per heavy atom. The number of piperidine rings is 1. The van der Waals surface area contributed by atoms with Crippen LogP contribution in [0.3, 0.4) is 0 Å². The second kappa shape index (κ2) is 9.09. The molecule has 0 aromatic rings. The van der Waals surface area contributed by atoms with E-state index in [1.54, 1.807) is 0 Å². The average Bonchev–Trinajstić information content (AvgIpc) is 2.47. The van der Waals surface area contributed by atoms with E-state index >= 15 is 0 Å². The van der Waals surface area contributed by atoms with Crippen molar-refractivity contribution in [2.24, 2.45) is 23.0 Å². The summed E-state index contributed by atoms with van der Waals surface area (Å²) in [5.41, 5.74) is 6.00. The molecule has 0 spiro atoms. The van der Waals surface area contributed by atoms with Gasteiger partial charge in [-0.05, 0) is 56.4 Å². The molecular formula is C17H34ClN3O. The number of hydrogen-bond donors (Lipinski definition) is 2. The van der Waals surface area contributed by atoms with Gasteiger partial charge in [-0.2, -0.15) is 0 Å². The zero-order valence-electron chi connectivity index (χ0n) is 14.3. The molecular weight excluding hydrogens is 298 g/mol. The third-order valence-corrected chi connectivity index (χ3v) is 5.29. The van der Waals surface area contributed by atoms with E-state index < -0.39 is 0 Å². The zero-order chi connectivity index (χ0) is 15.3. The lowest BCUT2D eigenvalue weighted by Gasteiger charge is -2.39. The van der Waals surface area contributed by atoms with Gasteiger partial charge in [0, 0.05) is 26.2 Å². The monoisotopic (exact) mass is 331 g/mol. The van der Waals surface area contributed by atoms with Crippen LogP contribution in [0.15, 0.2) is 0 Å². The Bertz CT molecular complexity index is 339. The molecule has 130 valence electrons. The second-order valence-corrected chi connectivity index (χ2v) is 7.79. The van der Waals surface area contributed by atoms with E-state index in [1.165, 1.54) is 38.8 Å². The Labute approximate surface area is 142 Å². The number of amides is 1. The smallest absolute Gasteiger partial charge is 0.224 e. The first kappa shape index (κ1) is 19.7. The Morgan fingerprint density at radius 2 is 1.95 bits per heavy atom. The highest BCUT2D eigenvalue weighted by Gasteiger charge is 2.30. The van der Waals surface area contributed by atoms with Gasteiger partial charge in [-0.3, -0.25) is 4.79 Å². The van der Waals surface area contributed by atoms with Crippen LogP contribution < -0.4 is 11.1 Å². The van der Waals surface area contributed by atoms with Crippen molar-refractivity contribution >= 4 is 18.3 Å². The number of carbonyl (C=O) groups excluding carboxylic acids is 1. The molecule has 1 unspecified atom stereocenters. The summed E-state index contributed by atoms with van der Waals surface area (Å²) >= 11 is 0. The second-order valence-electron chi connectivity index (χ2n) is 7.79. The van der Waals surface area contributed by atoms with Gasteiger partial charge >= 0.3 is 0 Å². The fraction of sp³-hybridized carbons (Fsp3) is 0.941. The topological polar surface area (TPSA) is 58.4 Å². The number of nitrogens with one attached hydrogen (secondary N) is 1. The summed E-state index contributed by atoms with van der Waals surface area (Å²) < 4.78 is 0. The summed E-state index contributed by atoms with van der Waals surface area (Å²) in [6.45, 7) is 9.21. The van der Waals surface area contributed by atoms with Gasteiger partial charge in [-0.15, -0.1) is 12.4 Å². The standard InChI is InChI=1S/C17H33N3O.ClH/c1-17(2)7-5-14(6-8-17)12-20-11-3-4-15(13-20)16(21)19-10-9-18;/h14-15H,3-13,18H2,1-2H3,(H,19,21);1H. The van der Waals surface area contributed by atoms with Crippen molar-refractivity contribution in [1.29, 1.82) is 0 Å². The molecule has 1 heterocycles. The number of rotatable bonds is 5. The van der Waals surface area contributed by atoms with Gasteiger partial charge in [0.05, 0.1) is 5.92 Å². The molecule has 3 N–H and O–H groups in total. The molecule has 0 radical (unpaired) electrons. The predicted octanol–water partition coefficient (Wildman–Crippen LogP) is 2.41. The fourth-order valence-corrected chi connectivity index (χ4v) is 3.78. The Hall–Kier alpha value is -0.320. The lowest BCUT2D eigenvalue weighted by molar-refractivity contribution is -0.126. The van der Waals surface area contributed by atoms with E-state index in [4.69, 9.17) is 5.73 Å². The van der Waals surface area contributed by atoms with Gasteiger partial charge in [0.2, 0.25) is 5.91 Å². The molecule has 5 heteroatoms. The van der Waals surface area contributed by atoms with Crippen LogP contribution in [0.5, 0.6) is 0 Å². The van der Waals surface area contributed by atoms with Crippen LogP contribution in [-0.4, -0.2) is 43.5 Å². The maximum Gasteiger partial charge on any atom is 0.224 e. The molecule has 1 amide bonds. The van der Waals surface area contributed by atoms with Crippen LogP contribution in [0.4, 0.5) is 0 Å². The van der Waals surface area contributed by atoms with E-state index in [0.717, 1.165) is 25.3 Å². The number of halogens is 1. The molecule has 1 aliphatic carbocycles. The van der Waals surface area contributed by atoms with Crippen molar-refractivity contribution < 1.29 is 4.79 Å². The van der Waals surface area contributed by atoms with Crippen molar-refractivity contribution in [2.45, 2.75) is 52.4 Å². The van der Waals surface area contributed by atoms with Crippen LogP contribution in [0.25, 0.3) is 0 Å². The van der Waals surface area contributed by atoms with E-state index in [9.17, 15) is 4.79 Å². The van der Waals surface area contributed by atoms with Gasteiger partial charge in [-0.25, -0.2) is 0 Å². The highest BCUT2D eigenvalue weighted by Crippen LogP contribution is 2.38. The molecule has 22 heavy (non-hydrogen) atoms. The average molecular weight is 332 g/mol. The zero-order valence-corrected chi connectivity index (χ0v) is 15.1. The van der Waals surface area contributed by atoms with Crippen molar-refractivity contribution in [3.63, 3.8) is 0 Å². The van der Waals surface area contributed by atoms with Crippen molar-refractivity contribution in [2.75, 3.05) is 32.7 Å². The summed E-state index contributed by atoms with van der Waals surface area (Å²) in [6, 6.07) is 0. The summed E-state index contributed by atoms with van der Waals surface area (Å²) in [5, 5.41) is 2.95. The molecule has 0 aromatic heterocycles. The van der Waals surface area contributed by atoms with Crippen LogP contribution >= 0.6 is 12.4 Å². The maximum atomic E-state index is 12.1. The summed E-state index contributed by atoms with van der Waals surface area (Å²) in [7, 11) is 0.